The van der Waals surface area contributed by atoms with Gasteiger partial charge in [0.25, 0.3) is 0 Å². The number of nitrogens with one attached hydrogen (secondary N) is 2. The number of aliphatic hydroxyl groups excluding tert-OH is 2. The third-order valence-corrected chi connectivity index (χ3v) is 7.42. The second-order valence-corrected chi connectivity index (χ2v) is 10.2. The number of amides is 3. The van der Waals surface area contributed by atoms with E-state index in [0.29, 0.717) is 21.9 Å². The summed E-state index contributed by atoms with van der Waals surface area (Å²) < 4.78 is 32.6. The van der Waals surface area contributed by atoms with Gasteiger partial charge < -0.3 is 25.2 Å². The standard InChI is InChI=1S/C26H30F2N4O5S/c1-16-17(5-4-6-22(16)28)12-30-24(35)32(3)26(2,11-21(34)14-33)38-15-37-25(36)31-23-10-19-9-20(27)8-7-18(19)13-29-23/h4-10,13,21,33-34H,11-12,14-15H2,1-3H3,(H,30,35)(H,29,31,36). The van der Waals surface area contributed by atoms with Gasteiger partial charge in [0.1, 0.15) is 23.4 Å². The van der Waals surface area contributed by atoms with Gasteiger partial charge in [0.15, 0.2) is 0 Å². The first-order valence-electron chi connectivity index (χ1n) is 11.7. The Kier molecular flexibility index (Phi) is 9.84. The van der Waals surface area contributed by atoms with Gasteiger partial charge in [-0.05, 0) is 60.7 Å². The van der Waals surface area contributed by atoms with Crippen LogP contribution in [0.3, 0.4) is 0 Å². The van der Waals surface area contributed by atoms with Crippen molar-refractivity contribution in [3.8, 4) is 0 Å². The highest BCUT2D eigenvalue weighted by Gasteiger charge is 2.36. The number of rotatable bonds is 10. The van der Waals surface area contributed by atoms with Crippen molar-refractivity contribution in [1.82, 2.24) is 15.2 Å². The molecule has 3 rings (SSSR count). The largest absolute Gasteiger partial charge is 0.438 e. The minimum absolute atomic E-state index is 0.0279. The smallest absolute Gasteiger partial charge is 0.413 e. The van der Waals surface area contributed by atoms with E-state index in [-0.39, 0.29) is 30.5 Å². The van der Waals surface area contributed by atoms with Gasteiger partial charge in [0, 0.05) is 31.6 Å². The highest BCUT2D eigenvalue weighted by atomic mass is 32.2. The average Bonchev–Trinajstić information content (AvgIpc) is 2.88. The molecule has 1 heterocycles. The third-order valence-electron chi connectivity index (χ3n) is 6.12. The zero-order chi connectivity index (χ0) is 27.9. The van der Waals surface area contributed by atoms with Crippen molar-refractivity contribution in [3.05, 3.63) is 71.4 Å². The Balaban J connectivity index is 1.60. The highest BCUT2D eigenvalue weighted by Crippen LogP contribution is 2.33. The average molecular weight is 549 g/mol. The molecule has 0 radical (unpaired) electrons. The minimum Gasteiger partial charge on any atom is -0.438 e. The van der Waals surface area contributed by atoms with E-state index >= 15 is 0 Å². The predicted octanol–water partition coefficient (Wildman–Crippen LogP) is 4.36. The van der Waals surface area contributed by atoms with Crippen LogP contribution in [0.2, 0.25) is 0 Å². The maximum absolute atomic E-state index is 13.8. The lowest BCUT2D eigenvalue weighted by atomic mass is 10.1. The molecule has 3 amide bonds. The molecule has 0 fully saturated rings. The number of nitrogens with zero attached hydrogens (tertiary/aromatic N) is 2. The Morgan fingerprint density at radius 3 is 2.71 bits per heavy atom. The van der Waals surface area contributed by atoms with E-state index in [1.807, 2.05) is 0 Å². The Morgan fingerprint density at radius 2 is 1.97 bits per heavy atom. The van der Waals surface area contributed by atoms with Crippen LogP contribution in [-0.4, -0.2) is 62.8 Å². The molecule has 0 bridgehead atoms. The summed E-state index contributed by atoms with van der Waals surface area (Å²) in [5.41, 5.74) is 1.04. The molecule has 38 heavy (non-hydrogen) atoms. The minimum atomic E-state index is -1.13. The first-order valence-corrected chi connectivity index (χ1v) is 12.7. The van der Waals surface area contributed by atoms with Crippen LogP contribution in [0.15, 0.2) is 48.7 Å². The molecule has 12 heteroatoms. The SMILES string of the molecule is Cc1c(F)cccc1CNC(=O)N(C)C(C)(CC(O)CO)SCOC(=O)Nc1cc2cc(F)ccc2cn1. The van der Waals surface area contributed by atoms with E-state index in [9.17, 15) is 28.6 Å². The van der Waals surface area contributed by atoms with Crippen LogP contribution in [0.5, 0.6) is 0 Å². The summed E-state index contributed by atoms with van der Waals surface area (Å²) in [7, 11) is 1.50. The summed E-state index contributed by atoms with van der Waals surface area (Å²) >= 11 is 1.06. The van der Waals surface area contributed by atoms with E-state index < -0.39 is 35.5 Å². The molecule has 204 valence electrons. The van der Waals surface area contributed by atoms with Crippen molar-refractivity contribution in [2.75, 3.05) is 24.9 Å². The Bertz CT molecular complexity index is 1300. The van der Waals surface area contributed by atoms with Crippen LogP contribution >= 0.6 is 11.8 Å². The molecule has 9 nitrogen and oxygen atoms in total. The van der Waals surface area contributed by atoms with Crippen LogP contribution in [-0.2, 0) is 11.3 Å². The lowest BCUT2D eigenvalue weighted by Crippen LogP contribution is -2.51. The van der Waals surface area contributed by atoms with Crippen LogP contribution in [0.25, 0.3) is 10.8 Å². The molecular formula is C26H30F2N4O5S. The molecule has 1 aromatic heterocycles. The van der Waals surface area contributed by atoms with Crippen molar-refractivity contribution >= 4 is 40.5 Å². The molecule has 0 saturated carbocycles. The van der Waals surface area contributed by atoms with Crippen molar-refractivity contribution in [2.24, 2.45) is 0 Å². The fraction of sp³-hybridized carbons (Fsp3) is 0.346. The second kappa shape index (κ2) is 12.9. The van der Waals surface area contributed by atoms with E-state index in [0.717, 1.165) is 11.8 Å². The zero-order valence-electron chi connectivity index (χ0n) is 21.2. The van der Waals surface area contributed by atoms with Gasteiger partial charge in [0.05, 0.1) is 17.6 Å². The number of carbonyl (C=O) groups is 2. The van der Waals surface area contributed by atoms with Crippen molar-refractivity contribution in [1.29, 1.82) is 0 Å². The Hall–Kier alpha value is -3.48. The lowest BCUT2D eigenvalue weighted by molar-refractivity contribution is 0.0623. The van der Waals surface area contributed by atoms with Crippen molar-refractivity contribution in [2.45, 2.75) is 37.8 Å². The van der Waals surface area contributed by atoms with E-state index in [4.69, 9.17) is 4.74 Å². The first kappa shape index (κ1) is 29.1. The van der Waals surface area contributed by atoms with Gasteiger partial charge in [0.2, 0.25) is 0 Å². The van der Waals surface area contributed by atoms with Gasteiger partial charge in [-0.1, -0.05) is 23.9 Å². The number of pyridine rings is 1. The number of thioether (sulfide) groups is 1. The molecule has 0 spiro atoms. The number of benzene rings is 2. The maximum atomic E-state index is 13.8. The number of aliphatic hydroxyl groups is 2. The van der Waals surface area contributed by atoms with Crippen LogP contribution in [0, 0.1) is 18.6 Å². The van der Waals surface area contributed by atoms with E-state index in [1.54, 1.807) is 32.0 Å². The van der Waals surface area contributed by atoms with E-state index in [1.165, 1.54) is 42.4 Å². The molecule has 0 aliphatic carbocycles. The number of halogens is 2. The number of urea groups is 1. The summed E-state index contributed by atoms with van der Waals surface area (Å²) in [6, 6.07) is 9.80. The fourth-order valence-corrected chi connectivity index (χ4v) is 4.68. The molecule has 4 N–H and O–H groups in total. The van der Waals surface area contributed by atoms with Crippen LogP contribution in [0.4, 0.5) is 24.2 Å². The monoisotopic (exact) mass is 548 g/mol. The molecule has 2 unspecified atom stereocenters. The van der Waals surface area contributed by atoms with Crippen molar-refractivity contribution in [3.63, 3.8) is 0 Å². The first-order chi connectivity index (χ1) is 18.0. The summed E-state index contributed by atoms with van der Waals surface area (Å²) in [6.07, 6.45) is -0.491. The van der Waals surface area contributed by atoms with E-state index in [2.05, 4.69) is 15.6 Å². The maximum Gasteiger partial charge on any atom is 0.413 e. The molecule has 0 aliphatic heterocycles. The molecule has 0 aliphatic rings. The Morgan fingerprint density at radius 1 is 1.21 bits per heavy atom. The van der Waals surface area contributed by atoms with Gasteiger partial charge in [-0.25, -0.2) is 23.4 Å². The third kappa shape index (κ3) is 7.53. The quantitative estimate of drug-likeness (QED) is 0.278. The van der Waals surface area contributed by atoms with Crippen molar-refractivity contribution < 1.29 is 33.3 Å². The molecule has 2 atom stereocenters. The fourth-order valence-electron chi connectivity index (χ4n) is 3.67. The summed E-state index contributed by atoms with van der Waals surface area (Å²) in [6.45, 7) is 2.83. The molecular weight excluding hydrogens is 518 g/mol. The van der Waals surface area contributed by atoms with Crippen LogP contribution in [0.1, 0.15) is 24.5 Å². The van der Waals surface area contributed by atoms with Crippen LogP contribution < -0.4 is 10.6 Å². The number of hydrogen-bond donors (Lipinski definition) is 4. The molecule has 2 aromatic carbocycles. The van der Waals surface area contributed by atoms with Gasteiger partial charge in [-0.2, -0.15) is 0 Å². The number of hydrogen-bond acceptors (Lipinski definition) is 7. The van der Waals surface area contributed by atoms with Gasteiger partial charge in [-0.15, -0.1) is 0 Å². The zero-order valence-corrected chi connectivity index (χ0v) is 22.0. The number of ether oxygens (including phenoxy) is 1. The Labute approximate surface area is 223 Å². The van der Waals surface area contributed by atoms with Gasteiger partial charge >= 0.3 is 12.1 Å². The summed E-state index contributed by atoms with van der Waals surface area (Å²) in [4.78, 5) is 29.6. The topological polar surface area (TPSA) is 124 Å². The summed E-state index contributed by atoms with van der Waals surface area (Å²) in [5, 5.41) is 25.9. The summed E-state index contributed by atoms with van der Waals surface area (Å²) in [5.74, 6) is -0.834. The highest BCUT2D eigenvalue weighted by molar-refractivity contribution is 8.00. The van der Waals surface area contributed by atoms with Gasteiger partial charge in [-0.3, -0.25) is 5.32 Å². The second-order valence-electron chi connectivity index (χ2n) is 8.84. The molecule has 0 saturated heterocycles. The normalized spacial score (nSPS) is 13.4. The molecule has 3 aromatic rings. The number of aromatic nitrogens is 1. The number of carbonyl (C=O) groups excluding carboxylic acids is 2. The number of fused-ring (bicyclic) bond motifs is 1. The lowest BCUT2D eigenvalue weighted by Gasteiger charge is -2.39. The number of anilines is 1. The predicted molar refractivity (Wildman–Crippen MR) is 142 cm³/mol.